The number of hydrogen-bond acceptors (Lipinski definition) is 6. The highest BCUT2D eigenvalue weighted by Gasteiger charge is 2.22. The van der Waals surface area contributed by atoms with Crippen molar-refractivity contribution in [3.8, 4) is 17.3 Å². The van der Waals surface area contributed by atoms with Gasteiger partial charge in [0.15, 0.2) is 0 Å². The second-order valence-electron chi connectivity index (χ2n) is 8.49. The van der Waals surface area contributed by atoms with Gasteiger partial charge in [-0.25, -0.2) is 9.67 Å². The summed E-state index contributed by atoms with van der Waals surface area (Å²) in [5.41, 5.74) is 3.70. The first-order valence-electron chi connectivity index (χ1n) is 11.5. The van der Waals surface area contributed by atoms with Crippen molar-refractivity contribution in [3.63, 3.8) is 0 Å². The van der Waals surface area contributed by atoms with E-state index in [1.54, 1.807) is 43.6 Å². The first-order valence-corrected chi connectivity index (χ1v) is 11.5. The third-order valence-corrected chi connectivity index (χ3v) is 5.90. The first-order chi connectivity index (χ1) is 17.4. The molecule has 0 aliphatic heterocycles. The van der Waals surface area contributed by atoms with Crippen molar-refractivity contribution in [2.24, 2.45) is 7.05 Å². The summed E-state index contributed by atoms with van der Waals surface area (Å²) in [6.45, 7) is 2.63. The molecule has 1 unspecified atom stereocenters. The Hall–Kier alpha value is -4.61. The molecule has 180 valence electrons. The van der Waals surface area contributed by atoms with E-state index in [1.807, 2.05) is 42.5 Å². The number of carbonyl (C=O) groups excluding carboxylic acids is 1. The van der Waals surface area contributed by atoms with Crippen LogP contribution in [0.5, 0.6) is 0 Å². The van der Waals surface area contributed by atoms with Crippen molar-refractivity contribution in [1.82, 2.24) is 20.1 Å². The van der Waals surface area contributed by atoms with Gasteiger partial charge in [0.25, 0.3) is 5.56 Å². The molecule has 2 atom stereocenters. The van der Waals surface area contributed by atoms with Crippen molar-refractivity contribution in [1.29, 1.82) is 5.26 Å². The number of anilines is 1. The van der Waals surface area contributed by atoms with Gasteiger partial charge in [-0.05, 0) is 47.4 Å². The van der Waals surface area contributed by atoms with E-state index in [-0.39, 0.29) is 17.4 Å². The van der Waals surface area contributed by atoms with Gasteiger partial charge in [-0.2, -0.15) is 10.4 Å². The summed E-state index contributed by atoms with van der Waals surface area (Å²) in [4.78, 5) is 29.2. The Labute approximate surface area is 209 Å². The minimum Gasteiger partial charge on any atom is -0.309 e. The maximum Gasteiger partial charge on any atom is 0.266 e. The quantitative estimate of drug-likeness (QED) is 0.398. The van der Waals surface area contributed by atoms with Gasteiger partial charge in [0.05, 0.1) is 17.3 Å². The number of rotatable bonds is 8. The summed E-state index contributed by atoms with van der Waals surface area (Å²) in [6, 6.07) is 25.1. The van der Waals surface area contributed by atoms with Crippen molar-refractivity contribution in [2.45, 2.75) is 18.9 Å². The molecule has 0 radical (unpaired) electrons. The van der Waals surface area contributed by atoms with Crippen LogP contribution >= 0.6 is 0 Å². The van der Waals surface area contributed by atoms with E-state index >= 15 is 0 Å². The maximum atomic E-state index is 13.3. The number of benzene rings is 2. The van der Waals surface area contributed by atoms with E-state index in [2.05, 4.69) is 33.7 Å². The zero-order valence-corrected chi connectivity index (χ0v) is 20.1. The van der Waals surface area contributed by atoms with Crippen molar-refractivity contribution in [2.75, 3.05) is 11.9 Å². The standard InChI is InChI=1S/C28H26N6O2/c1-19(21-10-8-20(16-29)9-11-21)17-31-27(22-6-4-3-5-7-22)28(36)32-25-14-12-23(18-30-25)24-13-15-26(35)34(2)33-24/h3-15,18-19,27,31H,17H2,1-2H3,(H,30,32,36)/t19-,27?/m1/s1. The van der Waals surface area contributed by atoms with Crippen LogP contribution in [0.2, 0.25) is 0 Å². The molecule has 0 fully saturated rings. The molecule has 2 N–H and O–H groups in total. The molecule has 2 aromatic carbocycles. The van der Waals surface area contributed by atoms with Gasteiger partial charge in [-0.3, -0.25) is 9.59 Å². The number of amides is 1. The molecule has 4 aromatic rings. The van der Waals surface area contributed by atoms with Crippen LogP contribution in [-0.4, -0.2) is 27.2 Å². The highest BCUT2D eigenvalue weighted by molar-refractivity contribution is 5.94. The lowest BCUT2D eigenvalue weighted by Gasteiger charge is -2.21. The molecule has 0 aliphatic rings. The molecule has 4 rings (SSSR count). The van der Waals surface area contributed by atoms with Crippen molar-refractivity contribution >= 4 is 11.7 Å². The highest BCUT2D eigenvalue weighted by atomic mass is 16.2. The Morgan fingerprint density at radius 3 is 2.39 bits per heavy atom. The van der Waals surface area contributed by atoms with Crippen LogP contribution in [0.4, 0.5) is 5.82 Å². The van der Waals surface area contributed by atoms with Gasteiger partial charge in [0.2, 0.25) is 5.91 Å². The molecule has 36 heavy (non-hydrogen) atoms. The number of hydrogen-bond donors (Lipinski definition) is 2. The monoisotopic (exact) mass is 478 g/mol. The van der Waals surface area contributed by atoms with Gasteiger partial charge in [-0.1, -0.05) is 49.4 Å². The van der Waals surface area contributed by atoms with E-state index in [9.17, 15) is 9.59 Å². The van der Waals surface area contributed by atoms with E-state index in [0.717, 1.165) is 16.7 Å². The second-order valence-corrected chi connectivity index (χ2v) is 8.49. The number of pyridine rings is 1. The lowest BCUT2D eigenvalue weighted by molar-refractivity contribution is -0.118. The molecule has 0 spiro atoms. The molecule has 2 aromatic heterocycles. The predicted molar refractivity (Wildman–Crippen MR) is 138 cm³/mol. The maximum absolute atomic E-state index is 13.3. The largest absolute Gasteiger partial charge is 0.309 e. The molecule has 2 heterocycles. The van der Waals surface area contributed by atoms with Crippen LogP contribution in [0, 0.1) is 11.3 Å². The average molecular weight is 479 g/mol. The summed E-state index contributed by atoms with van der Waals surface area (Å²) in [6.07, 6.45) is 1.61. The molecule has 8 nitrogen and oxygen atoms in total. The van der Waals surface area contributed by atoms with Crippen LogP contribution in [-0.2, 0) is 11.8 Å². The molecule has 0 bridgehead atoms. The van der Waals surface area contributed by atoms with Gasteiger partial charge in [-0.15, -0.1) is 0 Å². The topological polar surface area (TPSA) is 113 Å². The summed E-state index contributed by atoms with van der Waals surface area (Å²) >= 11 is 0. The van der Waals surface area contributed by atoms with Crippen LogP contribution in [0.1, 0.15) is 35.6 Å². The number of carbonyl (C=O) groups is 1. The SMILES string of the molecule is C[C@H](CNC(C(=O)Nc1ccc(-c2ccc(=O)n(C)n2)cn1)c1ccccc1)c1ccc(C#N)cc1. The third-order valence-electron chi connectivity index (χ3n) is 5.90. The minimum atomic E-state index is -0.584. The van der Waals surface area contributed by atoms with E-state index in [4.69, 9.17) is 5.26 Å². The second kappa shape index (κ2) is 11.2. The Bertz CT molecular complexity index is 1420. The van der Waals surface area contributed by atoms with E-state index in [0.29, 0.717) is 23.6 Å². The van der Waals surface area contributed by atoms with Crippen LogP contribution < -0.4 is 16.2 Å². The summed E-state index contributed by atoms with van der Waals surface area (Å²) in [5.74, 6) is 0.314. The van der Waals surface area contributed by atoms with Gasteiger partial charge in [0, 0.05) is 31.4 Å². The van der Waals surface area contributed by atoms with Crippen LogP contribution in [0.3, 0.4) is 0 Å². The molecule has 0 saturated heterocycles. The number of nitrogens with one attached hydrogen (secondary N) is 2. The molecule has 1 amide bonds. The van der Waals surface area contributed by atoms with Crippen LogP contribution in [0.25, 0.3) is 11.3 Å². The normalized spacial score (nSPS) is 12.4. The summed E-state index contributed by atoms with van der Waals surface area (Å²) in [5, 5.41) is 19.5. The smallest absolute Gasteiger partial charge is 0.266 e. The number of nitriles is 1. The Balaban J connectivity index is 1.47. The Morgan fingerprint density at radius 2 is 1.75 bits per heavy atom. The minimum absolute atomic E-state index is 0.128. The van der Waals surface area contributed by atoms with Gasteiger partial charge < -0.3 is 10.6 Å². The zero-order valence-electron chi connectivity index (χ0n) is 20.1. The molecule has 0 aliphatic carbocycles. The fourth-order valence-electron chi connectivity index (χ4n) is 3.78. The van der Waals surface area contributed by atoms with Gasteiger partial charge >= 0.3 is 0 Å². The number of aryl methyl sites for hydroxylation is 1. The molecular formula is C28H26N6O2. The van der Waals surface area contributed by atoms with Crippen molar-refractivity contribution in [3.05, 3.63) is 112 Å². The molecular weight excluding hydrogens is 452 g/mol. The van der Waals surface area contributed by atoms with E-state index < -0.39 is 6.04 Å². The average Bonchev–Trinajstić information content (AvgIpc) is 2.91. The van der Waals surface area contributed by atoms with Crippen LogP contribution in [0.15, 0.2) is 89.9 Å². The number of nitrogens with zero attached hydrogens (tertiary/aromatic N) is 4. The Kier molecular flexibility index (Phi) is 7.63. The lowest BCUT2D eigenvalue weighted by Crippen LogP contribution is -2.35. The summed E-state index contributed by atoms with van der Waals surface area (Å²) < 4.78 is 1.26. The van der Waals surface area contributed by atoms with E-state index in [1.165, 1.54) is 10.7 Å². The molecule has 8 heteroatoms. The Morgan fingerprint density at radius 1 is 1.00 bits per heavy atom. The fourth-order valence-corrected chi connectivity index (χ4v) is 3.78. The zero-order chi connectivity index (χ0) is 25.5. The number of aromatic nitrogens is 3. The molecule has 0 saturated carbocycles. The predicted octanol–water partition coefficient (Wildman–Crippen LogP) is 3.79. The first kappa shape index (κ1) is 24.5. The third kappa shape index (κ3) is 5.90. The summed E-state index contributed by atoms with van der Waals surface area (Å²) in [7, 11) is 1.59. The fraction of sp³-hybridized carbons (Fsp3) is 0.179. The lowest BCUT2D eigenvalue weighted by atomic mass is 9.98. The van der Waals surface area contributed by atoms with Crippen molar-refractivity contribution < 1.29 is 4.79 Å². The van der Waals surface area contributed by atoms with Gasteiger partial charge in [0.1, 0.15) is 11.9 Å². The highest BCUT2D eigenvalue weighted by Crippen LogP contribution is 2.21.